The molecule has 6 rings (SSSR count). The normalized spacial score (nSPS) is 11.8. The lowest BCUT2D eigenvalue weighted by atomic mass is 9.96. The molecule has 3 heterocycles. The molecule has 0 aliphatic heterocycles. The van der Waals surface area contributed by atoms with Gasteiger partial charge in [-0.3, -0.25) is 0 Å². The molecular formula is C35H27Cl2FN4O5S. The number of phenolic OH excluding ortho intramolecular Hbond substituents is 1. The van der Waals surface area contributed by atoms with Crippen molar-refractivity contribution in [2.75, 3.05) is 6.61 Å². The van der Waals surface area contributed by atoms with Crippen molar-refractivity contribution in [1.29, 1.82) is 0 Å². The second kappa shape index (κ2) is 14.5. The Morgan fingerprint density at radius 1 is 1.02 bits per heavy atom. The molecule has 48 heavy (non-hydrogen) atoms. The summed E-state index contributed by atoms with van der Waals surface area (Å²) in [5, 5.41) is 11.1. The van der Waals surface area contributed by atoms with Crippen LogP contribution in [0.1, 0.15) is 23.7 Å². The van der Waals surface area contributed by atoms with Crippen LogP contribution in [0.15, 0.2) is 79.3 Å². The molecule has 3 aromatic heterocycles. The van der Waals surface area contributed by atoms with E-state index in [1.807, 2.05) is 18.2 Å². The molecule has 6 aromatic rings. The van der Waals surface area contributed by atoms with Gasteiger partial charge in [-0.1, -0.05) is 48.0 Å². The SMILES string of the molecule is CCOC(=O)[C@@H](Cc1ccccc1OCc1ccnc(Cl)n1)Oc1ncnc2sc(-c3ccc(F)cc3)c(-c3ccc(O)c(Cl)c3C)c12. The highest BCUT2D eigenvalue weighted by atomic mass is 35.5. The minimum absolute atomic E-state index is 0.0698. The quantitative estimate of drug-likeness (QED) is 0.105. The van der Waals surface area contributed by atoms with Crippen LogP contribution in [0.5, 0.6) is 17.4 Å². The van der Waals surface area contributed by atoms with E-state index in [0.29, 0.717) is 43.9 Å². The Labute approximate surface area is 288 Å². The number of hydrogen-bond donors (Lipinski definition) is 1. The third-order valence-corrected chi connectivity index (χ3v) is 9.24. The lowest BCUT2D eigenvalue weighted by Crippen LogP contribution is -2.32. The van der Waals surface area contributed by atoms with E-state index in [2.05, 4.69) is 19.9 Å². The van der Waals surface area contributed by atoms with Crippen LogP contribution >= 0.6 is 34.5 Å². The first kappa shape index (κ1) is 33.1. The predicted octanol–water partition coefficient (Wildman–Crippen LogP) is 8.41. The number of carbonyl (C=O) groups is 1. The summed E-state index contributed by atoms with van der Waals surface area (Å²) in [6, 6.07) is 18.3. The van der Waals surface area contributed by atoms with Crippen molar-refractivity contribution in [2.45, 2.75) is 33.0 Å². The van der Waals surface area contributed by atoms with Crippen LogP contribution in [0.25, 0.3) is 31.8 Å². The molecule has 3 aromatic carbocycles. The number of hydrogen-bond acceptors (Lipinski definition) is 10. The van der Waals surface area contributed by atoms with Crippen molar-refractivity contribution in [2.24, 2.45) is 0 Å². The Bertz CT molecular complexity index is 2110. The minimum atomic E-state index is -1.13. The number of para-hydroxylation sites is 1. The maximum atomic E-state index is 13.9. The minimum Gasteiger partial charge on any atom is -0.506 e. The summed E-state index contributed by atoms with van der Waals surface area (Å²) in [4.78, 5) is 31.8. The molecule has 244 valence electrons. The van der Waals surface area contributed by atoms with Crippen LogP contribution in [-0.4, -0.2) is 43.7 Å². The van der Waals surface area contributed by atoms with Gasteiger partial charge in [0.05, 0.1) is 22.7 Å². The van der Waals surface area contributed by atoms with Crippen LogP contribution in [-0.2, 0) is 22.6 Å². The highest BCUT2D eigenvalue weighted by Gasteiger charge is 2.29. The second-order valence-electron chi connectivity index (χ2n) is 10.5. The molecule has 0 saturated carbocycles. The lowest BCUT2D eigenvalue weighted by molar-refractivity contribution is -0.151. The molecule has 9 nitrogen and oxygen atoms in total. The number of ether oxygens (including phenoxy) is 3. The smallest absolute Gasteiger partial charge is 0.347 e. The van der Waals surface area contributed by atoms with Crippen LogP contribution in [0.4, 0.5) is 4.39 Å². The second-order valence-corrected chi connectivity index (χ2v) is 12.2. The van der Waals surface area contributed by atoms with Gasteiger partial charge in [0.1, 0.15) is 35.1 Å². The summed E-state index contributed by atoms with van der Waals surface area (Å²) in [6.45, 7) is 3.75. The Morgan fingerprint density at radius 3 is 2.58 bits per heavy atom. The number of esters is 1. The van der Waals surface area contributed by atoms with Crippen molar-refractivity contribution >= 4 is 50.7 Å². The average Bonchev–Trinajstić information content (AvgIpc) is 3.47. The van der Waals surface area contributed by atoms with Gasteiger partial charge in [0, 0.05) is 23.1 Å². The highest BCUT2D eigenvalue weighted by Crippen LogP contribution is 2.49. The van der Waals surface area contributed by atoms with Gasteiger partial charge in [-0.05, 0) is 78.0 Å². The van der Waals surface area contributed by atoms with E-state index in [-0.39, 0.29) is 47.4 Å². The van der Waals surface area contributed by atoms with Crippen molar-refractivity contribution in [3.63, 3.8) is 0 Å². The van der Waals surface area contributed by atoms with E-state index >= 15 is 0 Å². The first-order chi connectivity index (χ1) is 23.2. The first-order valence-electron chi connectivity index (χ1n) is 14.8. The van der Waals surface area contributed by atoms with Gasteiger partial charge < -0.3 is 19.3 Å². The molecule has 0 radical (unpaired) electrons. The summed E-state index contributed by atoms with van der Waals surface area (Å²) in [5.74, 6) is -0.394. The van der Waals surface area contributed by atoms with Gasteiger partial charge in [0.25, 0.3) is 0 Å². The number of aromatic nitrogens is 4. The van der Waals surface area contributed by atoms with E-state index in [1.54, 1.807) is 50.4 Å². The average molecular weight is 706 g/mol. The van der Waals surface area contributed by atoms with Crippen molar-refractivity contribution in [1.82, 2.24) is 19.9 Å². The molecule has 0 spiro atoms. The molecule has 0 saturated heterocycles. The van der Waals surface area contributed by atoms with Crippen LogP contribution < -0.4 is 9.47 Å². The Morgan fingerprint density at radius 2 is 1.81 bits per heavy atom. The van der Waals surface area contributed by atoms with Gasteiger partial charge in [-0.15, -0.1) is 11.3 Å². The fourth-order valence-corrected chi connectivity index (χ4v) is 6.64. The summed E-state index contributed by atoms with van der Waals surface area (Å²) in [7, 11) is 0. The summed E-state index contributed by atoms with van der Waals surface area (Å²) in [6.07, 6.45) is 1.85. The van der Waals surface area contributed by atoms with E-state index in [1.165, 1.54) is 35.9 Å². The van der Waals surface area contributed by atoms with Crippen molar-refractivity contribution < 1.29 is 28.5 Å². The maximum Gasteiger partial charge on any atom is 0.347 e. The van der Waals surface area contributed by atoms with Gasteiger partial charge in [0.15, 0.2) is 0 Å². The molecule has 0 amide bonds. The fraction of sp³-hybridized carbons (Fsp3) is 0.171. The number of aromatic hydroxyl groups is 1. The number of benzene rings is 3. The van der Waals surface area contributed by atoms with Crippen molar-refractivity contribution in [3.05, 3.63) is 112 Å². The Balaban J connectivity index is 1.43. The molecule has 1 N–H and O–H groups in total. The van der Waals surface area contributed by atoms with E-state index in [9.17, 15) is 14.3 Å². The number of carbonyl (C=O) groups excluding carboxylic acids is 1. The number of rotatable bonds is 11. The summed E-state index contributed by atoms with van der Waals surface area (Å²) in [5.41, 5.74) is 3.93. The van der Waals surface area contributed by atoms with Gasteiger partial charge in [0.2, 0.25) is 17.3 Å². The first-order valence-corrected chi connectivity index (χ1v) is 16.3. The van der Waals surface area contributed by atoms with Gasteiger partial charge in [-0.2, -0.15) is 0 Å². The van der Waals surface area contributed by atoms with Crippen LogP contribution in [0.3, 0.4) is 0 Å². The summed E-state index contributed by atoms with van der Waals surface area (Å²) < 4.78 is 31.9. The standard InChI is InChI=1S/C35H27Cl2FN4O5S/c1-3-45-34(44)27(16-21-6-4-5-7-26(21)46-17-23-14-15-39-35(37)42-23)47-32-29-28(24-12-13-25(43)30(36)19(24)2)31(48-33(29)41-18-40-32)20-8-10-22(38)11-9-20/h4-15,18,27,43H,3,16-17H2,1-2H3/t27-/m1/s1. The molecular weight excluding hydrogens is 678 g/mol. The molecule has 0 aliphatic rings. The van der Waals surface area contributed by atoms with Gasteiger partial charge >= 0.3 is 5.97 Å². The van der Waals surface area contributed by atoms with Crippen LogP contribution in [0.2, 0.25) is 10.3 Å². The Kier molecular flexibility index (Phi) is 10.00. The monoisotopic (exact) mass is 704 g/mol. The molecule has 0 fully saturated rings. The number of fused-ring (bicyclic) bond motifs is 1. The van der Waals surface area contributed by atoms with E-state index in [0.717, 1.165) is 10.4 Å². The number of thiophene rings is 1. The third-order valence-electron chi connectivity index (χ3n) is 7.44. The molecule has 0 aliphatic carbocycles. The molecule has 1 atom stereocenters. The number of halogens is 3. The number of nitrogens with zero attached hydrogens (tertiary/aromatic N) is 4. The third kappa shape index (κ3) is 7.03. The predicted molar refractivity (Wildman–Crippen MR) is 182 cm³/mol. The fourth-order valence-electron chi connectivity index (χ4n) is 5.16. The van der Waals surface area contributed by atoms with E-state index in [4.69, 9.17) is 37.4 Å². The van der Waals surface area contributed by atoms with E-state index < -0.39 is 12.1 Å². The van der Waals surface area contributed by atoms with Gasteiger partial charge in [-0.25, -0.2) is 29.1 Å². The summed E-state index contributed by atoms with van der Waals surface area (Å²) >= 11 is 13.8. The largest absolute Gasteiger partial charge is 0.506 e. The zero-order chi connectivity index (χ0) is 33.8. The van der Waals surface area contributed by atoms with Crippen LogP contribution in [0, 0.1) is 12.7 Å². The lowest BCUT2D eigenvalue weighted by Gasteiger charge is -2.20. The zero-order valence-electron chi connectivity index (χ0n) is 25.6. The highest BCUT2D eigenvalue weighted by molar-refractivity contribution is 7.22. The Hall–Kier alpha value is -4.84. The molecule has 0 unspecified atom stereocenters. The topological polar surface area (TPSA) is 117 Å². The van der Waals surface area contributed by atoms with Crippen molar-refractivity contribution in [3.8, 4) is 38.9 Å². The maximum absolute atomic E-state index is 13.9. The number of phenols is 1. The zero-order valence-corrected chi connectivity index (χ0v) is 27.9. The molecule has 0 bridgehead atoms. The molecule has 13 heteroatoms.